The Morgan fingerprint density at radius 3 is 2.43 bits per heavy atom. The van der Waals surface area contributed by atoms with Crippen LogP contribution in [0.1, 0.15) is 30.9 Å². The second-order valence-corrected chi connectivity index (χ2v) is 4.30. The standard InChI is InChI=1S/C11H16O3/c1-7-5-9(8(2)14-7)6-11(3,4)10(12)13/h5H,6H2,1-4H3,(H,12,13). The highest BCUT2D eigenvalue weighted by atomic mass is 16.4. The third kappa shape index (κ3) is 2.16. The molecule has 1 aromatic rings. The number of carbonyl (C=O) groups is 1. The highest BCUT2D eigenvalue weighted by Crippen LogP contribution is 2.25. The lowest BCUT2D eigenvalue weighted by Gasteiger charge is -2.17. The van der Waals surface area contributed by atoms with E-state index in [1.54, 1.807) is 13.8 Å². The summed E-state index contributed by atoms with van der Waals surface area (Å²) in [6.45, 7) is 7.17. The van der Waals surface area contributed by atoms with Crippen molar-refractivity contribution in [3.63, 3.8) is 0 Å². The first-order valence-corrected chi connectivity index (χ1v) is 4.62. The molecule has 0 amide bonds. The van der Waals surface area contributed by atoms with Crippen molar-refractivity contribution in [1.29, 1.82) is 0 Å². The minimum atomic E-state index is -0.782. The van der Waals surface area contributed by atoms with Crippen molar-refractivity contribution in [3.05, 3.63) is 23.2 Å². The smallest absolute Gasteiger partial charge is 0.309 e. The van der Waals surface area contributed by atoms with Gasteiger partial charge in [0.15, 0.2) is 0 Å². The number of hydrogen-bond donors (Lipinski definition) is 1. The lowest BCUT2D eigenvalue weighted by Crippen LogP contribution is -2.26. The maximum atomic E-state index is 10.9. The van der Waals surface area contributed by atoms with Crippen LogP contribution in [0.25, 0.3) is 0 Å². The molecule has 0 aliphatic carbocycles. The van der Waals surface area contributed by atoms with Gasteiger partial charge in [-0.05, 0) is 45.7 Å². The van der Waals surface area contributed by atoms with Gasteiger partial charge >= 0.3 is 5.97 Å². The Hall–Kier alpha value is -1.25. The molecule has 1 aromatic heterocycles. The Balaban J connectivity index is 2.88. The summed E-state index contributed by atoms with van der Waals surface area (Å²) in [4.78, 5) is 10.9. The zero-order valence-electron chi connectivity index (χ0n) is 9.05. The average Bonchev–Trinajstić information content (AvgIpc) is 2.29. The van der Waals surface area contributed by atoms with E-state index in [0.29, 0.717) is 6.42 Å². The van der Waals surface area contributed by atoms with Crippen LogP contribution in [-0.4, -0.2) is 11.1 Å². The largest absolute Gasteiger partial charge is 0.481 e. The lowest BCUT2D eigenvalue weighted by atomic mass is 9.86. The summed E-state index contributed by atoms with van der Waals surface area (Å²) in [6.07, 6.45) is 0.505. The number of rotatable bonds is 3. The highest BCUT2D eigenvalue weighted by Gasteiger charge is 2.28. The Labute approximate surface area is 83.7 Å². The molecular weight excluding hydrogens is 180 g/mol. The van der Waals surface area contributed by atoms with Crippen LogP contribution in [0.2, 0.25) is 0 Å². The van der Waals surface area contributed by atoms with Crippen LogP contribution in [0.3, 0.4) is 0 Å². The fourth-order valence-corrected chi connectivity index (χ4v) is 1.41. The normalized spacial score (nSPS) is 11.7. The summed E-state index contributed by atoms with van der Waals surface area (Å²) in [7, 11) is 0. The van der Waals surface area contributed by atoms with E-state index in [1.807, 2.05) is 19.9 Å². The Kier molecular flexibility index (Phi) is 2.69. The van der Waals surface area contributed by atoms with Gasteiger partial charge in [0.05, 0.1) is 5.41 Å². The molecule has 0 aliphatic rings. The number of hydrogen-bond acceptors (Lipinski definition) is 2. The van der Waals surface area contributed by atoms with Crippen LogP contribution in [0.15, 0.2) is 10.5 Å². The van der Waals surface area contributed by atoms with Crippen molar-refractivity contribution in [2.45, 2.75) is 34.1 Å². The quantitative estimate of drug-likeness (QED) is 0.808. The van der Waals surface area contributed by atoms with Crippen LogP contribution in [-0.2, 0) is 11.2 Å². The molecule has 1 heterocycles. The molecule has 3 nitrogen and oxygen atoms in total. The molecule has 0 aromatic carbocycles. The van der Waals surface area contributed by atoms with Crippen molar-refractivity contribution < 1.29 is 14.3 Å². The maximum Gasteiger partial charge on any atom is 0.309 e. The number of furan rings is 1. The van der Waals surface area contributed by atoms with Crippen molar-refractivity contribution in [2.24, 2.45) is 5.41 Å². The lowest BCUT2D eigenvalue weighted by molar-refractivity contribution is -0.146. The van der Waals surface area contributed by atoms with Crippen LogP contribution in [0, 0.1) is 19.3 Å². The Morgan fingerprint density at radius 2 is 2.07 bits per heavy atom. The van der Waals surface area contributed by atoms with E-state index < -0.39 is 11.4 Å². The van der Waals surface area contributed by atoms with Crippen LogP contribution in [0.5, 0.6) is 0 Å². The van der Waals surface area contributed by atoms with Crippen LogP contribution in [0.4, 0.5) is 0 Å². The van der Waals surface area contributed by atoms with Crippen molar-refractivity contribution >= 4 is 5.97 Å². The van der Waals surface area contributed by atoms with Gasteiger partial charge in [0, 0.05) is 0 Å². The second-order valence-electron chi connectivity index (χ2n) is 4.30. The van der Waals surface area contributed by atoms with Crippen molar-refractivity contribution in [2.75, 3.05) is 0 Å². The summed E-state index contributed by atoms with van der Waals surface area (Å²) in [5.74, 6) is 0.867. The summed E-state index contributed by atoms with van der Waals surface area (Å²) in [5, 5.41) is 8.97. The van der Waals surface area contributed by atoms with Gasteiger partial charge in [-0.2, -0.15) is 0 Å². The third-order valence-electron chi connectivity index (χ3n) is 2.36. The zero-order valence-corrected chi connectivity index (χ0v) is 9.05. The number of aryl methyl sites for hydroxylation is 2. The van der Waals surface area contributed by atoms with Gasteiger partial charge in [-0.1, -0.05) is 0 Å². The van der Waals surface area contributed by atoms with Crippen LogP contribution < -0.4 is 0 Å². The summed E-state index contributed by atoms with van der Waals surface area (Å²) < 4.78 is 5.35. The van der Waals surface area contributed by atoms with E-state index in [9.17, 15) is 4.79 Å². The molecule has 78 valence electrons. The molecule has 0 radical (unpaired) electrons. The fourth-order valence-electron chi connectivity index (χ4n) is 1.41. The van der Waals surface area contributed by atoms with E-state index in [2.05, 4.69) is 0 Å². The van der Waals surface area contributed by atoms with Gasteiger partial charge in [-0.15, -0.1) is 0 Å². The minimum absolute atomic E-state index is 0.505. The van der Waals surface area contributed by atoms with Gasteiger partial charge in [0.25, 0.3) is 0 Å². The fraction of sp³-hybridized carbons (Fsp3) is 0.545. The van der Waals surface area contributed by atoms with Crippen LogP contribution >= 0.6 is 0 Å². The van der Waals surface area contributed by atoms with Crippen molar-refractivity contribution in [1.82, 2.24) is 0 Å². The number of aliphatic carboxylic acids is 1. The molecular formula is C11H16O3. The van der Waals surface area contributed by atoms with E-state index in [0.717, 1.165) is 17.1 Å². The molecule has 0 bridgehead atoms. The van der Waals surface area contributed by atoms with E-state index in [1.165, 1.54) is 0 Å². The molecule has 0 aliphatic heterocycles. The van der Waals surface area contributed by atoms with Gasteiger partial charge < -0.3 is 9.52 Å². The number of carboxylic acids is 1. The van der Waals surface area contributed by atoms with Crippen molar-refractivity contribution in [3.8, 4) is 0 Å². The highest BCUT2D eigenvalue weighted by molar-refractivity contribution is 5.74. The number of carboxylic acid groups (broad SMARTS) is 1. The molecule has 3 heteroatoms. The summed E-state index contributed by atoms with van der Waals surface area (Å²) >= 11 is 0. The summed E-state index contributed by atoms with van der Waals surface area (Å²) in [5.41, 5.74) is 0.246. The molecule has 1 N–H and O–H groups in total. The molecule has 14 heavy (non-hydrogen) atoms. The predicted octanol–water partition coefficient (Wildman–Crippen LogP) is 2.55. The van der Waals surface area contributed by atoms with Gasteiger partial charge in [-0.25, -0.2) is 0 Å². The Morgan fingerprint density at radius 1 is 1.50 bits per heavy atom. The molecule has 0 atom stereocenters. The van der Waals surface area contributed by atoms with Gasteiger partial charge in [-0.3, -0.25) is 4.79 Å². The topological polar surface area (TPSA) is 50.4 Å². The van der Waals surface area contributed by atoms with E-state index in [-0.39, 0.29) is 0 Å². The first kappa shape index (κ1) is 10.8. The van der Waals surface area contributed by atoms with E-state index in [4.69, 9.17) is 9.52 Å². The second kappa shape index (κ2) is 3.48. The SMILES string of the molecule is Cc1cc(CC(C)(C)C(=O)O)c(C)o1. The summed E-state index contributed by atoms with van der Waals surface area (Å²) in [6, 6.07) is 1.90. The molecule has 0 spiro atoms. The monoisotopic (exact) mass is 196 g/mol. The minimum Gasteiger partial charge on any atom is -0.481 e. The first-order valence-electron chi connectivity index (χ1n) is 4.62. The Bertz CT molecular complexity index is 347. The van der Waals surface area contributed by atoms with E-state index >= 15 is 0 Å². The molecule has 0 saturated heterocycles. The first-order chi connectivity index (χ1) is 6.33. The molecule has 0 fully saturated rings. The predicted molar refractivity (Wildman–Crippen MR) is 53.3 cm³/mol. The van der Waals surface area contributed by atoms with Gasteiger partial charge in [0.2, 0.25) is 0 Å². The average molecular weight is 196 g/mol. The molecule has 0 saturated carbocycles. The van der Waals surface area contributed by atoms with Gasteiger partial charge in [0.1, 0.15) is 11.5 Å². The zero-order chi connectivity index (χ0) is 10.9. The third-order valence-corrected chi connectivity index (χ3v) is 2.36. The molecule has 1 rings (SSSR count). The molecule has 0 unspecified atom stereocenters. The maximum absolute atomic E-state index is 10.9.